The summed E-state index contributed by atoms with van der Waals surface area (Å²) in [6, 6.07) is 2.04. The molecule has 80 valence electrons. The van der Waals surface area contributed by atoms with Crippen molar-refractivity contribution in [1.82, 2.24) is 4.98 Å². The van der Waals surface area contributed by atoms with Gasteiger partial charge in [0.2, 0.25) is 5.91 Å². The van der Waals surface area contributed by atoms with E-state index in [1.165, 1.54) is 0 Å². The van der Waals surface area contributed by atoms with Crippen LogP contribution in [-0.4, -0.2) is 24.0 Å². The lowest BCUT2D eigenvalue weighted by atomic mass is 10.1. The number of nitrogens with zero attached hydrogens (tertiary/aromatic N) is 2. The highest BCUT2D eigenvalue weighted by Gasteiger charge is 2.23. The zero-order chi connectivity index (χ0) is 10.8. The lowest BCUT2D eigenvalue weighted by Gasteiger charge is -2.28. The minimum absolute atomic E-state index is 0.111. The first kappa shape index (κ1) is 9.96. The Morgan fingerprint density at radius 2 is 2.33 bits per heavy atom. The Hall–Kier alpha value is -1.58. The maximum Gasteiger partial charge on any atom is 0.246 e. The first-order chi connectivity index (χ1) is 7.26. The third-order valence-electron chi connectivity index (χ3n) is 2.65. The molecule has 4 heteroatoms. The normalized spacial score (nSPS) is 14.8. The molecule has 0 unspecified atom stereocenters. The molecule has 0 radical (unpaired) electrons. The van der Waals surface area contributed by atoms with Crippen molar-refractivity contribution in [2.75, 3.05) is 23.3 Å². The first-order valence-corrected chi connectivity index (χ1v) is 5.29. The minimum atomic E-state index is 0.111. The van der Waals surface area contributed by atoms with Crippen molar-refractivity contribution in [3.8, 4) is 0 Å². The predicted molar refractivity (Wildman–Crippen MR) is 60.1 cm³/mol. The van der Waals surface area contributed by atoms with Crippen LogP contribution in [-0.2, 0) is 11.2 Å². The second kappa shape index (κ2) is 3.88. The highest BCUT2D eigenvalue weighted by Crippen LogP contribution is 2.27. The van der Waals surface area contributed by atoms with Gasteiger partial charge in [0.15, 0.2) is 0 Å². The van der Waals surface area contributed by atoms with Gasteiger partial charge in [-0.3, -0.25) is 4.79 Å². The molecule has 0 aliphatic carbocycles. The van der Waals surface area contributed by atoms with Crippen molar-refractivity contribution in [2.24, 2.45) is 0 Å². The number of anilines is 2. The third kappa shape index (κ3) is 1.67. The van der Waals surface area contributed by atoms with Crippen molar-refractivity contribution in [2.45, 2.75) is 20.3 Å². The van der Waals surface area contributed by atoms with Crippen LogP contribution in [0.25, 0.3) is 0 Å². The maximum absolute atomic E-state index is 11.6. The van der Waals surface area contributed by atoms with Crippen molar-refractivity contribution < 1.29 is 4.79 Å². The number of nitrogens with one attached hydrogen (secondary N) is 1. The number of hydrogen-bond donors (Lipinski definition) is 1. The fraction of sp³-hybridized carbons (Fsp3) is 0.455. The highest BCUT2D eigenvalue weighted by molar-refractivity contribution is 6.01. The molecule has 1 amide bonds. The van der Waals surface area contributed by atoms with Gasteiger partial charge in [0, 0.05) is 12.7 Å². The van der Waals surface area contributed by atoms with E-state index in [2.05, 4.69) is 17.2 Å². The van der Waals surface area contributed by atoms with Gasteiger partial charge in [-0.05, 0) is 25.0 Å². The van der Waals surface area contributed by atoms with Crippen LogP contribution in [0.4, 0.5) is 11.5 Å². The van der Waals surface area contributed by atoms with Crippen molar-refractivity contribution in [1.29, 1.82) is 0 Å². The quantitative estimate of drug-likeness (QED) is 0.794. The second-order valence-electron chi connectivity index (χ2n) is 3.56. The van der Waals surface area contributed by atoms with Crippen LogP contribution in [0.2, 0.25) is 0 Å². The van der Waals surface area contributed by atoms with Crippen molar-refractivity contribution in [3.63, 3.8) is 0 Å². The summed E-state index contributed by atoms with van der Waals surface area (Å²) >= 11 is 0. The predicted octanol–water partition coefficient (Wildman–Crippen LogP) is 1.42. The Morgan fingerprint density at radius 3 is 3.00 bits per heavy atom. The molecule has 0 spiro atoms. The number of pyridine rings is 1. The van der Waals surface area contributed by atoms with E-state index < -0.39 is 0 Å². The van der Waals surface area contributed by atoms with Crippen molar-refractivity contribution in [3.05, 3.63) is 17.8 Å². The second-order valence-corrected chi connectivity index (χ2v) is 3.56. The van der Waals surface area contributed by atoms with Crippen LogP contribution < -0.4 is 10.2 Å². The monoisotopic (exact) mass is 205 g/mol. The molecule has 15 heavy (non-hydrogen) atoms. The number of aryl methyl sites for hydroxylation is 1. The van der Waals surface area contributed by atoms with Gasteiger partial charge >= 0.3 is 0 Å². The summed E-state index contributed by atoms with van der Waals surface area (Å²) in [5, 5.41) is 3.03. The fourth-order valence-electron chi connectivity index (χ4n) is 1.77. The number of fused-ring (bicyclic) bond motifs is 1. The lowest BCUT2D eigenvalue weighted by Crippen LogP contribution is -2.40. The van der Waals surface area contributed by atoms with Gasteiger partial charge in [0.25, 0.3) is 0 Å². The van der Waals surface area contributed by atoms with Crippen LogP contribution in [0, 0.1) is 0 Å². The number of carbonyl (C=O) groups is 1. The number of carbonyl (C=O) groups excluding carboxylic acids is 1. The van der Waals surface area contributed by atoms with Crippen LogP contribution >= 0.6 is 0 Å². The van der Waals surface area contributed by atoms with E-state index >= 15 is 0 Å². The van der Waals surface area contributed by atoms with E-state index in [1.807, 2.05) is 19.2 Å². The lowest BCUT2D eigenvalue weighted by molar-refractivity contribution is -0.117. The topological polar surface area (TPSA) is 45.2 Å². The largest absolute Gasteiger partial charge is 0.359 e. The molecule has 1 aromatic rings. The standard InChI is InChI=1S/C11H15N3O/c1-3-8-5-9-11(12-6-8)13-7-10(15)14(9)4-2/h5-6H,3-4,7H2,1-2H3,(H,12,13). The smallest absolute Gasteiger partial charge is 0.246 e. The number of amides is 1. The van der Waals surface area contributed by atoms with Gasteiger partial charge in [-0.25, -0.2) is 4.98 Å². The molecule has 0 aromatic carbocycles. The number of aromatic nitrogens is 1. The Kier molecular flexibility index (Phi) is 2.58. The summed E-state index contributed by atoms with van der Waals surface area (Å²) in [6.07, 6.45) is 2.79. The summed E-state index contributed by atoms with van der Waals surface area (Å²) in [5.41, 5.74) is 2.07. The molecule has 0 fully saturated rings. The molecular formula is C11H15N3O. The van der Waals surface area contributed by atoms with E-state index in [1.54, 1.807) is 4.90 Å². The van der Waals surface area contributed by atoms with Gasteiger partial charge < -0.3 is 10.2 Å². The molecule has 0 atom stereocenters. The number of rotatable bonds is 2. The van der Waals surface area contributed by atoms with Crippen LogP contribution in [0.5, 0.6) is 0 Å². The average molecular weight is 205 g/mol. The summed E-state index contributed by atoms with van der Waals surface area (Å²) in [7, 11) is 0. The van der Waals surface area contributed by atoms with Gasteiger partial charge in [0.1, 0.15) is 5.82 Å². The van der Waals surface area contributed by atoms with Gasteiger partial charge in [-0.2, -0.15) is 0 Å². The summed E-state index contributed by atoms with van der Waals surface area (Å²) < 4.78 is 0. The molecule has 0 saturated heterocycles. The summed E-state index contributed by atoms with van der Waals surface area (Å²) in [5.74, 6) is 0.925. The molecule has 0 saturated carbocycles. The van der Waals surface area contributed by atoms with Crippen LogP contribution in [0.15, 0.2) is 12.3 Å². The summed E-state index contributed by atoms with van der Waals surface area (Å²) in [6.45, 7) is 5.10. The van der Waals surface area contributed by atoms with E-state index in [4.69, 9.17) is 0 Å². The van der Waals surface area contributed by atoms with Crippen molar-refractivity contribution >= 4 is 17.4 Å². The fourth-order valence-corrected chi connectivity index (χ4v) is 1.77. The zero-order valence-electron chi connectivity index (χ0n) is 9.08. The van der Waals surface area contributed by atoms with E-state index in [0.29, 0.717) is 13.1 Å². The number of likely N-dealkylation sites (N-methyl/N-ethyl adjacent to an activating group) is 1. The SMILES string of the molecule is CCc1cnc2c(c1)N(CC)C(=O)CN2. The van der Waals surface area contributed by atoms with Gasteiger partial charge in [0.05, 0.1) is 12.2 Å². The molecule has 0 bridgehead atoms. The molecule has 1 aliphatic heterocycles. The van der Waals surface area contributed by atoms with Gasteiger partial charge in [-0.15, -0.1) is 0 Å². The maximum atomic E-state index is 11.6. The summed E-state index contributed by atoms with van der Waals surface area (Å²) in [4.78, 5) is 17.7. The van der Waals surface area contributed by atoms with Crippen LogP contribution in [0.1, 0.15) is 19.4 Å². The molecule has 2 rings (SSSR count). The third-order valence-corrected chi connectivity index (χ3v) is 2.65. The van der Waals surface area contributed by atoms with E-state index in [0.717, 1.165) is 23.5 Å². The first-order valence-electron chi connectivity index (χ1n) is 5.29. The van der Waals surface area contributed by atoms with E-state index in [-0.39, 0.29) is 5.91 Å². The van der Waals surface area contributed by atoms with E-state index in [9.17, 15) is 4.79 Å². The molecule has 1 N–H and O–H groups in total. The Morgan fingerprint density at radius 1 is 1.53 bits per heavy atom. The molecule has 2 heterocycles. The average Bonchev–Trinajstić information content (AvgIpc) is 2.28. The zero-order valence-corrected chi connectivity index (χ0v) is 9.08. The Bertz CT molecular complexity index is 389. The Balaban J connectivity index is 2.45. The Labute approximate surface area is 89.3 Å². The van der Waals surface area contributed by atoms with Gasteiger partial charge in [-0.1, -0.05) is 6.92 Å². The molecular weight excluding hydrogens is 190 g/mol. The molecule has 1 aliphatic rings. The highest BCUT2D eigenvalue weighted by atomic mass is 16.2. The van der Waals surface area contributed by atoms with Crippen LogP contribution in [0.3, 0.4) is 0 Å². The molecule has 1 aromatic heterocycles. The minimum Gasteiger partial charge on any atom is -0.359 e. The molecule has 4 nitrogen and oxygen atoms in total. The number of hydrogen-bond acceptors (Lipinski definition) is 3.